The van der Waals surface area contributed by atoms with E-state index in [1.54, 1.807) is 0 Å². The largest absolute Gasteiger partial charge is 0.326 e. The van der Waals surface area contributed by atoms with E-state index in [4.69, 9.17) is 5.73 Å². The molecule has 0 amide bonds. The Morgan fingerprint density at radius 1 is 0.812 bits per heavy atom. The Bertz CT molecular complexity index is 472. The van der Waals surface area contributed by atoms with Crippen molar-refractivity contribution in [1.29, 1.82) is 0 Å². The second-order valence-electron chi connectivity index (χ2n) is 3.69. The Balaban J connectivity index is 2.17. The van der Waals surface area contributed by atoms with Crippen molar-refractivity contribution in [1.82, 2.24) is 0 Å². The van der Waals surface area contributed by atoms with Gasteiger partial charge in [0.2, 0.25) is 0 Å². The van der Waals surface area contributed by atoms with Gasteiger partial charge in [0.15, 0.2) is 0 Å². The molecule has 0 saturated carbocycles. The Morgan fingerprint density at radius 3 is 2.25 bits per heavy atom. The molecular formula is C15H15N. The number of hydrogen-bond donors (Lipinski definition) is 1. The summed E-state index contributed by atoms with van der Waals surface area (Å²) >= 11 is 0. The lowest BCUT2D eigenvalue weighted by Crippen LogP contribution is -1.95. The van der Waals surface area contributed by atoms with Crippen LogP contribution in [0.25, 0.3) is 12.2 Å². The molecule has 0 spiro atoms. The molecule has 0 unspecified atom stereocenters. The van der Waals surface area contributed by atoms with Crippen molar-refractivity contribution in [3.8, 4) is 0 Å². The molecule has 80 valence electrons. The standard InChI is InChI=1S/C15H15N/c16-12-15-8-4-7-14(11-15)10-9-13-5-2-1-3-6-13/h1-11H,12,16H2/b10-9+. The van der Waals surface area contributed by atoms with Crippen LogP contribution >= 0.6 is 0 Å². The second-order valence-corrected chi connectivity index (χ2v) is 3.69. The monoisotopic (exact) mass is 209 g/mol. The molecule has 0 aromatic heterocycles. The first kappa shape index (κ1) is 10.7. The highest BCUT2D eigenvalue weighted by atomic mass is 14.5. The minimum Gasteiger partial charge on any atom is -0.326 e. The van der Waals surface area contributed by atoms with Crippen LogP contribution in [0, 0.1) is 0 Å². The second kappa shape index (κ2) is 5.29. The third-order valence-electron chi connectivity index (χ3n) is 2.45. The molecule has 2 aromatic rings. The summed E-state index contributed by atoms with van der Waals surface area (Å²) in [6.45, 7) is 0.590. The van der Waals surface area contributed by atoms with Gasteiger partial charge in [-0.3, -0.25) is 0 Å². The van der Waals surface area contributed by atoms with Gasteiger partial charge in [0.1, 0.15) is 0 Å². The van der Waals surface area contributed by atoms with E-state index in [9.17, 15) is 0 Å². The Morgan fingerprint density at radius 2 is 1.50 bits per heavy atom. The number of nitrogens with two attached hydrogens (primary N) is 1. The van der Waals surface area contributed by atoms with Crippen LogP contribution in [0.15, 0.2) is 54.6 Å². The molecule has 16 heavy (non-hydrogen) atoms. The predicted molar refractivity (Wildman–Crippen MR) is 69.7 cm³/mol. The lowest BCUT2D eigenvalue weighted by molar-refractivity contribution is 1.07. The van der Waals surface area contributed by atoms with Gasteiger partial charge in [0, 0.05) is 6.54 Å². The zero-order valence-electron chi connectivity index (χ0n) is 9.14. The van der Waals surface area contributed by atoms with Gasteiger partial charge in [0.05, 0.1) is 0 Å². The highest BCUT2D eigenvalue weighted by Crippen LogP contribution is 2.09. The van der Waals surface area contributed by atoms with E-state index in [2.05, 4.69) is 36.4 Å². The lowest BCUT2D eigenvalue weighted by atomic mass is 10.1. The average Bonchev–Trinajstić information content (AvgIpc) is 2.38. The predicted octanol–water partition coefficient (Wildman–Crippen LogP) is 3.32. The first-order chi connectivity index (χ1) is 7.88. The van der Waals surface area contributed by atoms with Gasteiger partial charge in [-0.15, -0.1) is 0 Å². The molecule has 0 saturated heterocycles. The first-order valence-electron chi connectivity index (χ1n) is 5.40. The van der Waals surface area contributed by atoms with E-state index >= 15 is 0 Å². The molecule has 1 nitrogen and oxygen atoms in total. The molecule has 0 heterocycles. The summed E-state index contributed by atoms with van der Waals surface area (Å²) in [5, 5.41) is 0. The fraction of sp³-hybridized carbons (Fsp3) is 0.0667. The van der Waals surface area contributed by atoms with E-state index in [1.807, 2.05) is 30.3 Å². The maximum atomic E-state index is 5.60. The molecule has 0 bridgehead atoms. The van der Waals surface area contributed by atoms with Gasteiger partial charge >= 0.3 is 0 Å². The maximum Gasteiger partial charge on any atom is 0.0178 e. The van der Waals surface area contributed by atoms with Crippen LogP contribution in [0.3, 0.4) is 0 Å². The van der Waals surface area contributed by atoms with Gasteiger partial charge < -0.3 is 5.73 Å². The highest BCUT2D eigenvalue weighted by molar-refractivity contribution is 5.69. The van der Waals surface area contributed by atoms with Crippen LogP contribution in [-0.2, 0) is 6.54 Å². The summed E-state index contributed by atoms with van der Waals surface area (Å²) in [6.07, 6.45) is 4.21. The van der Waals surface area contributed by atoms with Crippen molar-refractivity contribution >= 4 is 12.2 Å². The van der Waals surface area contributed by atoms with E-state index in [-0.39, 0.29) is 0 Å². The van der Waals surface area contributed by atoms with Crippen molar-refractivity contribution in [2.45, 2.75) is 6.54 Å². The number of hydrogen-bond acceptors (Lipinski definition) is 1. The summed E-state index contributed by atoms with van der Waals surface area (Å²) in [4.78, 5) is 0. The summed E-state index contributed by atoms with van der Waals surface area (Å²) in [7, 11) is 0. The van der Waals surface area contributed by atoms with E-state index in [0.717, 1.165) is 5.56 Å². The quantitative estimate of drug-likeness (QED) is 0.771. The molecule has 0 fully saturated rings. The minimum atomic E-state index is 0.590. The zero-order chi connectivity index (χ0) is 11.2. The summed E-state index contributed by atoms with van der Waals surface area (Å²) in [6, 6.07) is 18.5. The van der Waals surface area contributed by atoms with Crippen LogP contribution in [-0.4, -0.2) is 0 Å². The van der Waals surface area contributed by atoms with Crippen LogP contribution in [0.2, 0.25) is 0 Å². The molecule has 0 atom stereocenters. The third-order valence-corrected chi connectivity index (χ3v) is 2.45. The highest BCUT2D eigenvalue weighted by Gasteiger charge is 1.90. The van der Waals surface area contributed by atoms with Crippen molar-refractivity contribution in [3.63, 3.8) is 0 Å². The fourth-order valence-corrected chi connectivity index (χ4v) is 1.58. The van der Waals surface area contributed by atoms with E-state index < -0.39 is 0 Å². The lowest BCUT2D eigenvalue weighted by Gasteiger charge is -1.98. The van der Waals surface area contributed by atoms with Gasteiger partial charge in [-0.05, 0) is 16.7 Å². The summed E-state index contributed by atoms with van der Waals surface area (Å²) in [5.41, 5.74) is 9.16. The molecule has 0 radical (unpaired) electrons. The smallest absolute Gasteiger partial charge is 0.0178 e. The van der Waals surface area contributed by atoms with Crippen molar-refractivity contribution in [2.24, 2.45) is 5.73 Å². The van der Waals surface area contributed by atoms with Crippen molar-refractivity contribution in [2.75, 3.05) is 0 Å². The molecule has 0 aliphatic heterocycles. The molecule has 1 heteroatoms. The van der Waals surface area contributed by atoms with Gasteiger partial charge in [-0.1, -0.05) is 66.7 Å². The first-order valence-corrected chi connectivity index (χ1v) is 5.40. The average molecular weight is 209 g/mol. The van der Waals surface area contributed by atoms with Crippen molar-refractivity contribution in [3.05, 3.63) is 71.3 Å². The van der Waals surface area contributed by atoms with Gasteiger partial charge in [-0.25, -0.2) is 0 Å². The molecule has 0 aliphatic carbocycles. The summed E-state index contributed by atoms with van der Waals surface area (Å²) < 4.78 is 0. The van der Waals surface area contributed by atoms with E-state index in [1.165, 1.54) is 11.1 Å². The van der Waals surface area contributed by atoms with Gasteiger partial charge in [0.25, 0.3) is 0 Å². The van der Waals surface area contributed by atoms with Crippen LogP contribution < -0.4 is 5.73 Å². The molecule has 2 N–H and O–H groups in total. The molecular weight excluding hydrogens is 194 g/mol. The minimum absolute atomic E-state index is 0.590. The van der Waals surface area contributed by atoms with Gasteiger partial charge in [-0.2, -0.15) is 0 Å². The molecule has 0 aliphatic rings. The van der Waals surface area contributed by atoms with Crippen LogP contribution in [0.1, 0.15) is 16.7 Å². The van der Waals surface area contributed by atoms with Crippen molar-refractivity contribution < 1.29 is 0 Å². The third kappa shape index (κ3) is 2.81. The fourth-order valence-electron chi connectivity index (χ4n) is 1.58. The summed E-state index contributed by atoms with van der Waals surface area (Å²) in [5.74, 6) is 0. The van der Waals surface area contributed by atoms with Crippen LogP contribution in [0.4, 0.5) is 0 Å². The topological polar surface area (TPSA) is 26.0 Å². The number of benzene rings is 2. The zero-order valence-corrected chi connectivity index (χ0v) is 9.14. The van der Waals surface area contributed by atoms with Crippen LogP contribution in [0.5, 0.6) is 0 Å². The number of rotatable bonds is 3. The molecule has 2 aromatic carbocycles. The normalized spacial score (nSPS) is 10.8. The SMILES string of the molecule is NCc1cccc(/C=C/c2ccccc2)c1. The Hall–Kier alpha value is -1.86. The Kier molecular flexibility index (Phi) is 3.52. The maximum absolute atomic E-state index is 5.60. The van der Waals surface area contributed by atoms with E-state index in [0.29, 0.717) is 6.54 Å². The molecule has 2 rings (SSSR count). The Labute approximate surface area is 96.2 Å².